The van der Waals surface area contributed by atoms with E-state index in [2.05, 4.69) is 253 Å². The molecule has 0 aliphatic heterocycles. The molecule has 2 heteroatoms. The van der Waals surface area contributed by atoms with Gasteiger partial charge >= 0.3 is 0 Å². The van der Waals surface area contributed by atoms with E-state index >= 15 is 0 Å². The number of aromatic nitrogens is 2. The summed E-state index contributed by atoms with van der Waals surface area (Å²) in [6.07, 6.45) is 11.4. The maximum absolute atomic E-state index is 2.47. The second-order valence-electron chi connectivity index (χ2n) is 16.5. The molecule has 0 unspecified atom stereocenters. The third kappa shape index (κ3) is 8.01. The van der Waals surface area contributed by atoms with Crippen molar-refractivity contribution in [3.05, 3.63) is 248 Å². The highest BCUT2D eigenvalue weighted by Crippen LogP contribution is 2.43. The first-order valence-electron chi connectivity index (χ1n) is 23.0. The summed E-state index contributed by atoms with van der Waals surface area (Å²) in [6.45, 7) is 6.27. The minimum absolute atomic E-state index is 1.05. The summed E-state index contributed by atoms with van der Waals surface area (Å²) in [7, 11) is 0. The van der Waals surface area contributed by atoms with Crippen LogP contribution in [0.5, 0.6) is 0 Å². The van der Waals surface area contributed by atoms with Gasteiger partial charge in [-0.1, -0.05) is 178 Å². The van der Waals surface area contributed by atoms with Crippen LogP contribution in [-0.4, -0.2) is 9.13 Å². The van der Waals surface area contributed by atoms with Crippen molar-refractivity contribution >= 4 is 38.3 Å². The van der Waals surface area contributed by atoms with E-state index < -0.39 is 0 Å². The summed E-state index contributed by atoms with van der Waals surface area (Å²) in [5, 5.41) is 3.65. The second kappa shape index (κ2) is 18.4. The van der Waals surface area contributed by atoms with Crippen LogP contribution in [0.15, 0.2) is 237 Å². The van der Waals surface area contributed by atoms with E-state index in [1.54, 1.807) is 0 Å². The number of nitrogens with zero attached hydrogens (tertiary/aromatic N) is 2. The first kappa shape index (κ1) is 41.1. The lowest BCUT2D eigenvalue weighted by Gasteiger charge is -2.17. The third-order valence-corrected chi connectivity index (χ3v) is 12.5. The lowest BCUT2D eigenvalue weighted by Crippen LogP contribution is -1.98. The fourth-order valence-electron chi connectivity index (χ4n) is 9.48. The number of hydrogen-bond donors (Lipinski definition) is 0. The Hall–Kier alpha value is -7.94. The van der Waals surface area contributed by atoms with Crippen molar-refractivity contribution in [1.82, 2.24) is 9.13 Å². The summed E-state index contributed by atoms with van der Waals surface area (Å²) < 4.78 is 4.83. The molecule has 0 bridgehead atoms. The van der Waals surface area contributed by atoms with Gasteiger partial charge in [-0.15, -0.1) is 0 Å². The number of aryl methyl sites for hydroxylation is 1. The Morgan fingerprint density at radius 2 is 0.908 bits per heavy atom. The SMILES string of the molecule is CC.Cc1cc(-c2ccc3c(c2)c2cc(C4=CCCC=C4)cc(-c4ccccc4)c2n3-c2ccccc2)cccn(-c2ccccc2)c2c(-c3ccccc3)cc(-c3ccccc3)cc12. The number of fused-ring (bicyclic) bond motifs is 4. The summed E-state index contributed by atoms with van der Waals surface area (Å²) in [5.41, 5.74) is 19.0. The molecule has 1 aliphatic rings. The van der Waals surface area contributed by atoms with Gasteiger partial charge in [0, 0.05) is 44.9 Å². The topological polar surface area (TPSA) is 9.86 Å². The highest BCUT2D eigenvalue weighted by atomic mass is 15.0. The standard InChI is InChI=1S/C61H46N2.C2H6/c1-43-37-48(29-20-36-62(52-30-16-6-17-31-52)60-54(43)39-50(44-21-8-2-9-22-44)40-55(60)46-25-12-4-13-26-46)49-34-35-59-57(38-49)58-42-51(45-23-10-3-11-24-45)41-56(47-27-14-5-15-28-47)61(58)63(59)53-32-18-7-19-33-53;1-2/h2,4-10,12-42H,3,11H2,1H3;1-2H3. The molecule has 8 aromatic carbocycles. The molecule has 0 saturated heterocycles. The van der Waals surface area contributed by atoms with Crippen molar-refractivity contribution in [2.24, 2.45) is 0 Å². The number of rotatable bonds is 7. The molecule has 2 nitrogen and oxygen atoms in total. The summed E-state index contributed by atoms with van der Waals surface area (Å²) >= 11 is 0. The Kier molecular flexibility index (Phi) is 11.6. The van der Waals surface area contributed by atoms with E-state index in [0.29, 0.717) is 0 Å². The van der Waals surface area contributed by atoms with E-state index in [4.69, 9.17) is 0 Å². The van der Waals surface area contributed by atoms with Crippen molar-refractivity contribution in [2.75, 3.05) is 0 Å². The largest absolute Gasteiger partial charge is 0.316 e. The normalized spacial score (nSPS) is 12.1. The number of benzene rings is 8. The molecule has 0 saturated carbocycles. The summed E-state index contributed by atoms with van der Waals surface area (Å²) in [6, 6.07) is 77.5. The van der Waals surface area contributed by atoms with Crippen molar-refractivity contribution in [3.8, 4) is 55.9 Å². The molecule has 10 aromatic rings. The van der Waals surface area contributed by atoms with Crippen molar-refractivity contribution in [3.63, 3.8) is 0 Å². The second-order valence-corrected chi connectivity index (χ2v) is 16.5. The van der Waals surface area contributed by atoms with Crippen LogP contribution in [0.4, 0.5) is 0 Å². The van der Waals surface area contributed by atoms with E-state index in [0.717, 1.165) is 35.3 Å². The maximum atomic E-state index is 2.47. The first-order valence-corrected chi connectivity index (χ1v) is 23.0. The molecule has 0 radical (unpaired) electrons. The van der Waals surface area contributed by atoms with E-state index in [9.17, 15) is 0 Å². The van der Waals surface area contributed by atoms with E-state index in [1.807, 2.05) is 13.8 Å². The molecule has 2 heterocycles. The predicted molar refractivity (Wildman–Crippen MR) is 279 cm³/mol. The van der Waals surface area contributed by atoms with Crippen LogP contribution in [0.2, 0.25) is 0 Å². The summed E-state index contributed by atoms with van der Waals surface area (Å²) in [4.78, 5) is 0. The molecular formula is C63H52N2. The molecule has 314 valence electrons. The van der Waals surface area contributed by atoms with Crippen molar-refractivity contribution in [2.45, 2.75) is 33.6 Å². The third-order valence-electron chi connectivity index (χ3n) is 12.5. The van der Waals surface area contributed by atoms with Crippen LogP contribution in [0, 0.1) is 6.92 Å². The fraction of sp³-hybridized carbons (Fsp3) is 0.0794. The van der Waals surface area contributed by atoms with E-state index in [1.165, 1.54) is 82.8 Å². The highest BCUT2D eigenvalue weighted by Gasteiger charge is 2.20. The fourth-order valence-corrected chi connectivity index (χ4v) is 9.48. The number of hydrogen-bond acceptors (Lipinski definition) is 0. The van der Waals surface area contributed by atoms with Crippen LogP contribution < -0.4 is 0 Å². The lowest BCUT2D eigenvalue weighted by molar-refractivity contribution is 1.04. The monoisotopic (exact) mass is 836 g/mol. The summed E-state index contributed by atoms with van der Waals surface area (Å²) in [5.74, 6) is 0. The molecule has 0 amide bonds. The molecular weight excluding hydrogens is 785 g/mol. The van der Waals surface area contributed by atoms with Gasteiger partial charge in [-0.2, -0.15) is 0 Å². The van der Waals surface area contributed by atoms with Gasteiger partial charge in [0.2, 0.25) is 0 Å². The smallest absolute Gasteiger partial charge is 0.0619 e. The highest BCUT2D eigenvalue weighted by molar-refractivity contribution is 6.16. The molecule has 0 N–H and O–H groups in total. The van der Waals surface area contributed by atoms with Crippen LogP contribution >= 0.6 is 0 Å². The van der Waals surface area contributed by atoms with Gasteiger partial charge in [0.25, 0.3) is 0 Å². The quantitative estimate of drug-likeness (QED) is 0.151. The predicted octanol–water partition coefficient (Wildman–Crippen LogP) is 17.6. The van der Waals surface area contributed by atoms with Gasteiger partial charge in [-0.25, -0.2) is 0 Å². The van der Waals surface area contributed by atoms with Crippen molar-refractivity contribution in [1.29, 1.82) is 0 Å². The van der Waals surface area contributed by atoms with Crippen LogP contribution in [0.25, 0.3) is 94.2 Å². The number of allylic oxidation sites excluding steroid dienone is 4. The Balaban J connectivity index is 0.00000246. The molecule has 65 heavy (non-hydrogen) atoms. The van der Waals surface area contributed by atoms with Crippen LogP contribution in [0.1, 0.15) is 37.8 Å². The van der Waals surface area contributed by atoms with Gasteiger partial charge in [0.05, 0.1) is 16.6 Å². The first-order chi connectivity index (χ1) is 32.2. The van der Waals surface area contributed by atoms with E-state index in [-0.39, 0.29) is 0 Å². The zero-order valence-electron chi connectivity index (χ0n) is 37.3. The lowest BCUT2D eigenvalue weighted by atomic mass is 9.92. The average Bonchev–Trinajstić information content (AvgIpc) is 3.75. The maximum Gasteiger partial charge on any atom is 0.0619 e. The zero-order chi connectivity index (χ0) is 44.1. The Bertz CT molecular complexity index is 3410. The van der Waals surface area contributed by atoms with Crippen LogP contribution in [0.3, 0.4) is 0 Å². The molecule has 1 aliphatic carbocycles. The van der Waals surface area contributed by atoms with Gasteiger partial charge in [0.15, 0.2) is 0 Å². The zero-order valence-corrected chi connectivity index (χ0v) is 37.3. The number of para-hydroxylation sites is 2. The minimum atomic E-state index is 1.05. The van der Waals surface area contributed by atoms with Crippen molar-refractivity contribution < 1.29 is 0 Å². The van der Waals surface area contributed by atoms with Gasteiger partial charge in [0.1, 0.15) is 0 Å². The molecule has 11 rings (SSSR count). The van der Waals surface area contributed by atoms with Gasteiger partial charge < -0.3 is 9.13 Å². The Morgan fingerprint density at radius 1 is 0.385 bits per heavy atom. The average molecular weight is 837 g/mol. The van der Waals surface area contributed by atoms with Gasteiger partial charge in [-0.05, 0) is 137 Å². The van der Waals surface area contributed by atoms with Gasteiger partial charge in [-0.3, -0.25) is 0 Å². The Morgan fingerprint density at radius 3 is 1.54 bits per heavy atom. The molecule has 0 atom stereocenters. The molecule has 2 aromatic heterocycles. The minimum Gasteiger partial charge on any atom is -0.316 e. The molecule has 0 fully saturated rings. The Labute approximate surface area is 383 Å². The molecule has 0 spiro atoms. The van der Waals surface area contributed by atoms with Crippen LogP contribution in [-0.2, 0) is 0 Å².